The van der Waals surface area contributed by atoms with E-state index in [1.54, 1.807) is 22.9 Å². The molecule has 66 valence electrons. The quantitative estimate of drug-likeness (QED) is 0.420. The van der Waals surface area contributed by atoms with Crippen molar-refractivity contribution in [2.45, 2.75) is 0 Å². The van der Waals surface area contributed by atoms with Crippen molar-refractivity contribution in [1.82, 2.24) is 7.76 Å². The van der Waals surface area contributed by atoms with Crippen molar-refractivity contribution in [3.8, 4) is 0 Å². The second-order valence-electron chi connectivity index (χ2n) is 1.91. The second-order valence-corrected chi connectivity index (χ2v) is 3.34. The Balaban J connectivity index is 3.38. The number of hydrogen-bond acceptors (Lipinski definition) is 5. The van der Waals surface area contributed by atoms with Crippen LogP contribution >= 0.6 is 34.5 Å². The molecule has 0 aliphatic rings. The predicted molar refractivity (Wildman–Crippen MR) is 53.8 cm³/mol. The molecular formula is C4H5ClIN5O. The summed E-state index contributed by atoms with van der Waals surface area (Å²) in [5.41, 5.74) is -0.412. The molecule has 1 rings (SSSR count). The van der Waals surface area contributed by atoms with Crippen molar-refractivity contribution in [3.05, 3.63) is 21.7 Å². The van der Waals surface area contributed by atoms with Crippen LogP contribution in [0.5, 0.6) is 0 Å². The number of aromatic nitrogens is 2. The number of nitrogens with two attached hydrogens (primary N) is 2. The summed E-state index contributed by atoms with van der Waals surface area (Å²) < 4.78 is 1.22. The van der Waals surface area contributed by atoms with Crippen LogP contribution in [0, 0.1) is 0 Å². The van der Waals surface area contributed by atoms with Gasteiger partial charge in [0.25, 0.3) is 0 Å². The van der Waals surface area contributed by atoms with E-state index in [2.05, 4.69) is 4.98 Å². The van der Waals surface area contributed by atoms with E-state index in [1.807, 2.05) is 0 Å². The summed E-state index contributed by atoms with van der Waals surface area (Å²) in [4.78, 5) is 14.8. The fraction of sp³-hybridized carbons (Fsp3) is 0. The summed E-state index contributed by atoms with van der Waals surface area (Å²) in [6.45, 7) is 0. The van der Waals surface area contributed by atoms with Crippen LogP contribution in [0.2, 0.25) is 5.15 Å². The molecule has 0 bridgehead atoms. The molecule has 12 heavy (non-hydrogen) atoms. The smallest absolute Gasteiger partial charge is 0.264 e. The van der Waals surface area contributed by atoms with Crippen LogP contribution in [-0.2, 0) is 0 Å². The fourth-order valence-corrected chi connectivity index (χ4v) is 1.42. The van der Waals surface area contributed by atoms with E-state index in [1.165, 1.54) is 8.98 Å². The van der Waals surface area contributed by atoms with E-state index in [-0.39, 0.29) is 11.0 Å². The normalized spacial score (nSPS) is 10.0. The van der Waals surface area contributed by atoms with Gasteiger partial charge >= 0.3 is 5.56 Å². The van der Waals surface area contributed by atoms with Gasteiger partial charge in [0.05, 0.1) is 29.1 Å². The first-order valence-electron chi connectivity index (χ1n) is 2.77. The molecule has 0 saturated heterocycles. The molecule has 0 saturated carbocycles. The van der Waals surface area contributed by atoms with Gasteiger partial charge in [0.15, 0.2) is 0 Å². The van der Waals surface area contributed by atoms with Gasteiger partial charge in [0.1, 0.15) is 5.15 Å². The molecule has 0 atom stereocenters. The summed E-state index contributed by atoms with van der Waals surface area (Å²) in [7, 11) is 0. The third kappa shape index (κ3) is 1.86. The first-order chi connectivity index (χ1) is 5.52. The Labute approximate surface area is 86.5 Å². The number of halogens is 2. The molecule has 6 nitrogen and oxygen atoms in total. The molecule has 0 spiro atoms. The number of nitrogens with zero attached hydrogens (tertiary/aromatic N) is 3. The lowest BCUT2D eigenvalue weighted by Gasteiger charge is -2.09. The maximum atomic E-state index is 11.2. The standard InChI is InChI=1S/C4H5ClIN5O/c5-2-1-10(6)4(12)3(9-2)11(7)8/h1H,7-8H2. The number of hydrazine groups is 2. The van der Waals surface area contributed by atoms with E-state index < -0.39 is 5.56 Å². The molecule has 1 heterocycles. The molecule has 0 radical (unpaired) electrons. The summed E-state index contributed by atoms with van der Waals surface area (Å²) in [5.74, 6) is 10.2. The highest BCUT2D eigenvalue weighted by molar-refractivity contribution is 14.1. The molecule has 0 aromatic carbocycles. The minimum absolute atomic E-state index is 0.100. The highest BCUT2D eigenvalue weighted by atomic mass is 127. The lowest BCUT2D eigenvalue weighted by atomic mass is 10.6. The topological polar surface area (TPSA) is 90.2 Å². The first kappa shape index (κ1) is 9.71. The SMILES string of the molecule is NN(N)c1nc(Cl)cn(I)c1=O. The van der Waals surface area contributed by atoms with Gasteiger partial charge in [-0.05, 0) is 0 Å². The van der Waals surface area contributed by atoms with Crippen LogP contribution in [0.1, 0.15) is 0 Å². The van der Waals surface area contributed by atoms with E-state index in [9.17, 15) is 4.79 Å². The molecule has 4 N–H and O–H groups in total. The van der Waals surface area contributed by atoms with Gasteiger partial charge in [-0.2, -0.15) is 0 Å². The van der Waals surface area contributed by atoms with Gasteiger partial charge in [-0.1, -0.05) is 11.6 Å². The molecule has 0 unspecified atom stereocenters. The lowest BCUT2D eigenvalue weighted by Crippen LogP contribution is -2.43. The highest BCUT2D eigenvalue weighted by Gasteiger charge is 2.08. The average Bonchev–Trinajstić information content (AvgIpc) is 1.96. The Morgan fingerprint density at radius 1 is 1.67 bits per heavy atom. The zero-order valence-electron chi connectivity index (χ0n) is 5.74. The van der Waals surface area contributed by atoms with Gasteiger partial charge in [0.2, 0.25) is 5.82 Å². The molecule has 8 heteroatoms. The van der Waals surface area contributed by atoms with Gasteiger partial charge in [-0.15, -0.1) is 0 Å². The molecule has 0 aliphatic heterocycles. The Bertz CT molecular complexity index is 350. The monoisotopic (exact) mass is 301 g/mol. The number of hydrogen-bond donors (Lipinski definition) is 2. The number of anilines is 1. The number of rotatable bonds is 1. The van der Waals surface area contributed by atoms with Crippen LogP contribution < -0.4 is 22.4 Å². The van der Waals surface area contributed by atoms with Crippen molar-refractivity contribution in [3.63, 3.8) is 0 Å². The molecule has 1 aromatic rings. The summed E-state index contributed by atoms with van der Waals surface area (Å²) >= 11 is 7.30. The van der Waals surface area contributed by atoms with Gasteiger partial charge in [-0.25, -0.2) is 24.6 Å². The fourth-order valence-electron chi connectivity index (χ4n) is 0.594. The summed E-state index contributed by atoms with van der Waals surface area (Å²) in [6.07, 6.45) is 1.36. The van der Waals surface area contributed by atoms with Gasteiger partial charge < -0.3 is 0 Å². The largest absolute Gasteiger partial charge is 0.305 e. The first-order valence-corrected chi connectivity index (χ1v) is 4.11. The van der Waals surface area contributed by atoms with Crippen LogP contribution in [0.4, 0.5) is 5.82 Å². The maximum absolute atomic E-state index is 11.2. The van der Waals surface area contributed by atoms with Crippen molar-refractivity contribution in [2.24, 2.45) is 11.7 Å². The van der Waals surface area contributed by atoms with Crippen LogP contribution in [-0.4, -0.2) is 7.76 Å². The average molecular weight is 301 g/mol. The second kappa shape index (κ2) is 3.56. The summed E-state index contributed by atoms with van der Waals surface area (Å²) in [6, 6.07) is 0. The van der Waals surface area contributed by atoms with Gasteiger partial charge in [-0.3, -0.25) is 4.79 Å². The van der Waals surface area contributed by atoms with Crippen molar-refractivity contribution in [2.75, 3.05) is 5.12 Å². The van der Waals surface area contributed by atoms with Crippen LogP contribution in [0.25, 0.3) is 0 Å². The predicted octanol–water partition coefficient (Wildman–Crippen LogP) is -0.351. The maximum Gasteiger partial charge on any atom is 0.305 e. The van der Waals surface area contributed by atoms with Crippen LogP contribution in [0.3, 0.4) is 0 Å². The Morgan fingerprint density at radius 3 is 2.75 bits per heavy atom. The van der Waals surface area contributed by atoms with E-state index in [0.717, 1.165) is 0 Å². The Kier molecular flexibility index (Phi) is 2.88. The third-order valence-electron chi connectivity index (χ3n) is 1.06. The molecule has 1 aromatic heterocycles. The molecule has 0 aliphatic carbocycles. The Morgan fingerprint density at radius 2 is 2.25 bits per heavy atom. The van der Waals surface area contributed by atoms with Crippen molar-refractivity contribution in [1.29, 1.82) is 0 Å². The third-order valence-corrected chi connectivity index (χ3v) is 1.96. The van der Waals surface area contributed by atoms with Gasteiger partial charge in [0, 0.05) is 0 Å². The Hall–Kier alpha value is -0.380. The zero-order chi connectivity index (χ0) is 9.30. The minimum Gasteiger partial charge on any atom is -0.264 e. The molecular weight excluding hydrogens is 296 g/mol. The highest BCUT2D eigenvalue weighted by Crippen LogP contribution is 2.06. The van der Waals surface area contributed by atoms with Crippen molar-refractivity contribution >= 4 is 40.3 Å². The summed E-state index contributed by atoms with van der Waals surface area (Å²) in [5, 5.41) is 0.781. The lowest BCUT2D eigenvalue weighted by molar-refractivity contribution is 0.872. The van der Waals surface area contributed by atoms with E-state index in [4.69, 9.17) is 23.3 Å². The van der Waals surface area contributed by atoms with Crippen molar-refractivity contribution < 1.29 is 0 Å². The molecule has 0 fully saturated rings. The van der Waals surface area contributed by atoms with E-state index >= 15 is 0 Å². The van der Waals surface area contributed by atoms with Crippen LogP contribution in [0.15, 0.2) is 11.0 Å². The zero-order valence-corrected chi connectivity index (χ0v) is 8.65. The molecule has 0 amide bonds. The minimum atomic E-state index is -0.412. The van der Waals surface area contributed by atoms with E-state index in [0.29, 0.717) is 5.12 Å².